The molecule has 10 nitrogen and oxygen atoms in total. The van der Waals surface area contributed by atoms with Crippen LogP contribution in [0.1, 0.15) is 48.0 Å². The van der Waals surface area contributed by atoms with E-state index < -0.39 is 38.0 Å². The van der Waals surface area contributed by atoms with Gasteiger partial charge < -0.3 is 24.6 Å². The molecule has 0 aromatic rings. The highest BCUT2D eigenvalue weighted by Crippen LogP contribution is 2.41. The zero-order chi connectivity index (χ0) is 23.3. The topological polar surface area (TPSA) is 132 Å². The van der Waals surface area contributed by atoms with Gasteiger partial charge in [-0.2, -0.15) is 0 Å². The number of carbonyl (C=O) groups excluding carboxylic acids is 2. The fraction of sp³-hybridized carbons (Fsp3) is 0.700. The largest absolute Gasteiger partial charge is 0.457 e. The Morgan fingerprint density at radius 2 is 1.90 bits per heavy atom. The van der Waals surface area contributed by atoms with Crippen molar-refractivity contribution < 1.29 is 28.2 Å². The average molecular weight is 458 g/mol. The molecule has 1 saturated heterocycles. The minimum atomic E-state index is -3.32. The Hall–Kier alpha value is -1.71. The lowest BCUT2D eigenvalue weighted by Gasteiger charge is -2.30. The minimum Gasteiger partial charge on any atom is -0.457 e. The Balaban J connectivity index is 2.19. The van der Waals surface area contributed by atoms with Crippen LogP contribution in [-0.4, -0.2) is 53.9 Å². The van der Waals surface area contributed by atoms with Gasteiger partial charge in [0.05, 0.1) is 12.7 Å². The van der Waals surface area contributed by atoms with Crippen LogP contribution >= 0.6 is 7.67 Å². The maximum Gasteiger partial charge on any atom is 0.341 e. The summed E-state index contributed by atoms with van der Waals surface area (Å²) in [6.45, 7) is 10.8. The predicted octanol–water partition coefficient (Wildman–Crippen LogP) is 1.99. The summed E-state index contributed by atoms with van der Waals surface area (Å²) in [6, 6.07) is -0.118. The van der Waals surface area contributed by atoms with Gasteiger partial charge in [-0.1, -0.05) is 13.0 Å². The number of allylic oxidation sites excluding steroid dienone is 1. The lowest BCUT2D eigenvalue weighted by molar-refractivity contribution is -0.154. The maximum absolute atomic E-state index is 13.2. The number of esters is 1. The Morgan fingerprint density at radius 3 is 2.42 bits per heavy atom. The molecule has 2 rings (SSSR count). The first-order valence-electron chi connectivity index (χ1n) is 10.5. The highest BCUT2D eigenvalue weighted by molar-refractivity contribution is 7.54. The maximum atomic E-state index is 13.2. The van der Waals surface area contributed by atoms with Crippen LogP contribution in [0.4, 0.5) is 0 Å². The molecule has 0 spiro atoms. The van der Waals surface area contributed by atoms with Crippen LogP contribution in [0, 0.1) is 5.92 Å². The van der Waals surface area contributed by atoms with Crippen molar-refractivity contribution in [2.45, 2.75) is 78.5 Å². The van der Waals surface area contributed by atoms with Gasteiger partial charge in [0.1, 0.15) is 0 Å². The number of carbonyl (C=O) groups is 2. The molecule has 0 aromatic heterocycles. The predicted molar refractivity (Wildman–Crippen MR) is 116 cm³/mol. The van der Waals surface area contributed by atoms with Crippen molar-refractivity contribution in [3.63, 3.8) is 0 Å². The molecule has 2 aliphatic rings. The molecule has 31 heavy (non-hydrogen) atoms. The third-order valence-corrected chi connectivity index (χ3v) is 7.03. The van der Waals surface area contributed by atoms with Gasteiger partial charge in [0.15, 0.2) is 12.3 Å². The zero-order valence-corrected chi connectivity index (χ0v) is 19.9. The Morgan fingerprint density at radius 1 is 1.29 bits per heavy atom. The van der Waals surface area contributed by atoms with E-state index >= 15 is 0 Å². The number of rotatable bonds is 10. The molecule has 1 fully saturated rings. The molecule has 11 heteroatoms. The van der Waals surface area contributed by atoms with Crippen LogP contribution < -0.4 is 15.9 Å². The minimum absolute atomic E-state index is 0.0239. The molecular weight excluding hydrogens is 423 g/mol. The Bertz CT molecular complexity index is 755. The molecule has 1 amide bonds. The molecule has 0 bridgehead atoms. The number of nitrogens with zero attached hydrogens (tertiary/aromatic N) is 1. The third kappa shape index (κ3) is 7.15. The van der Waals surface area contributed by atoms with E-state index in [4.69, 9.17) is 19.7 Å². The Kier molecular flexibility index (Phi) is 8.85. The fourth-order valence-electron chi connectivity index (χ4n) is 3.51. The lowest BCUT2D eigenvalue weighted by Crippen LogP contribution is -2.40. The van der Waals surface area contributed by atoms with Crippen molar-refractivity contribution in [3.8, 4) is 0 Å². The second-order valence-electron chi connectivity index (χ2n) is 8.47. The molecule has 4 atom stereocenters. The van der Waals surface area contributed by atoms with Crippen LogP contribution in [0.2, 0.25) is 0 Å². The molecule has 176 valence electrons. The van der Waals surface area contributed by atoms with E-state index in [1.807, 2.05) is 34.6 Å². The molecule has 0 aromatic carbocycles. The molecule has 2 heterocycles. The summed E-state index contributed by atoms with van der Waals surface area (Å²) in [5.41, 5.74) is 5.84. The smallest absolute Gasteiger partial charge is 0.341 e. The summed E-state index contributed by atoms with van der Waals surface area (Å²) in [5.74, 6) is -1.22. The molecule has 0 radical (unpaired) electrons. The van der Waals surface area contributed by atoms with Crippen LogP contribution in [-0.2, 0) is 28.2 Å². The summed E-state index contributed by atoms with van der Waals surface area (Å²) in [7, 11) is -3.32. The summed E-state index contributed by atoms with van der Waals surface area (Å²) in [5, 5.41) is 5.92. The quantitative estimate of drug-likeness (QED) is 0.332. The van der Waals surface area contributed by atoms with Gasteiger partial charge >= 0.3 is 13.6 Å². The second-order valence-corrected chi connectivity index (χ2v) is 10.3. The van der Waals surface area contributed by atoms with Gasteiger partial charge in [-0.25, -0.2) is 10.2 Å². The van der Waals surface area contributed by atoms with Gasteiger partial charge in [0.25, 0.3) is 0 Å². The highest BCUT2D eigenvalue weighted by Gasteiger charge is 2.47. The van der Waals surface area contributed by atoms with Crippen molar-refractivity contribution in [2.75, 3.05) is 6.61 Å². The number of hydrogen-bond acceptors (Lipinski definition) is 7. The highest BCUT2D eigenvalue weighted by atomic mass is 31.2. The number of amides is 1. The standard InChI is InChI=1S/C20H35N4O6P/c1-12(2)22-31(27,23-13(3)4)28-11-17-14(5)18(29-15(6)25)20(30-17)24-9-7-8-16(10-24)19(21)26/h7,9-10,12-14,17-18,20H,8,11H2,1-6H3,(H2,21,26)(H2,22,23,27)/t14-,17-,18-,20-/m1/s1. The van der Waals surface area contributed by atoms with Gasteiger partial charge in [0.2, 0.25) is 5.91 Å². The van der Waals surface area contributed by atoms with Crippen LogP contribution in [0.25, 0.3) is 0 Å². The van der Waals surface area contributed by atoms with E-state index in [1.54, 1.807) is 23.4 Å². The van der Waals surface area contributed by atoms with E-state index in [0.29, 0.717) is 12.0 Å². The van der Waals surface area contributed by atoms with E-state index in [0.717, 1.165) is 0 Å². The molecule has 0 saturated carbocycles. The molecule has 4 N–H and O–H groups in total. The summed E-state index contributed by atoms with van der Waals surface area (Å²) in [4.78, 5) is 25.0. The first-order valence-corrected chi connectivity index (χ1v) is 12.1. The average Bonchev–Trinajstić information content (AvgIpc) is 2.94. The van der Waals surface area contributed by atoms with Gasteiger partial charge in [0, 0.05) is 42.9 Å². The number of nitrogens with two attached hydrogens (primary N) is 1. The fourth-order valence-corrected chi connectivity index (χ4v) is 5.45. The van der Waals surface area contributed by atoms with Crippen molar-refractivity contribution in [1.82, 2.24) is 15.1 Å². The van der Waals surface area contributed by atoms with Crippen LogP contribution in [0.5, 0.6) is 0 Å². The van der Waals surface area contributed by atoms with Crippen molar-refractivity contribution >= 4 is 19.5 Å². The van der Waals surface area contributed by atoms with Gasteiger partial charge in [-0.05, 0) is 34.1 Å². The van der Waals surface area contributed by atoms with E-state index in [-0.39, 0.29) is 24.6 Å². The molecule has 0 unspecified atom stereocenters. The number of ether oxygens (including phenoxy) is 2. The van der Waals surface area contributed by atoms with Crippen LogP contribution in [0.15, 0.2) is 24.0 Å². The van der Waals surface area contributed by atoms with E-state index in [1.165, 1.54) is 6.92 Å². The summed E-state index contributed by atoms with van der Waals surface area (Å²) in [6.07, 6.45) is 3.79. The van der Waals surface area contributed by atoms with Crippen LogP contribution in [0.3, 0.4) is 0 Å². The van der Waals surface area contributed by atoms with E-state index in [2.05, 4.69) is 10.2 Å². The van der Waals surface area contributed by atoms with E-state index in [9.17, 15) is 14.2 Å². The first-order chi connectivity index (χ1) is 14.4. The van der Waals surface area contributed by atoms with Crippen molar-refractivity contribution in [1.29, 1.82) is 0 Å². The molecular formula is C20H35N4O6P. The third-order valence-electron chi connectivity index (χ3n) is 4.81. The number of hydrogen-bond donors (Lipinski definition) is 3. The molecule has 0 aliphatic carbocycles. The number of primary amides is 1. The second kappa shape index (κ2) is 10.7. The summed E-state index contributed by atoms with van der Waals surface area (Å²) < 4.78 is 30.7. The SMILES string of the molecule is CC(=O)O[C@@H]1[C@H](C)[C@@H](COP(=O)(NC(C)C)NC(C)C)O[C@H]1N1C=CCC(C(N)=O)=C1. The zero-order valence-electron chi connectivity index (χ0n) is 19.0. The number of nitrogens with one attached hydrogen (secondary N) is 2. The van der Waals surface area contributed by atoms with Gasteiger partial charge in [-0.15, -0.1) is 0 Å². The lowest BCUT2D eigenvalue weighted by atomic mass is 10.00. The van der Waals surface area contributed by atoms with Gasteiger partial charge in [-0.3, -0.25) is 14.2 Å². The monoisotopic (exact) mass is 458 g/mol. The van der Waals surface area contributed by atoms with Crippen molar-refractivity contribution in [3.05, 3.63) is 24.0 Å². The first kappa shape index (κ1) is 25.5. The van der Waals surface area contributed by atoms with Crippen molar-refractivity contribution in [2.24, 2.45) is 11.7 Å². The Labute approximate surface area is 184 Å². The normalized spacial score (nSPS) is 26.5. The summed E-state index contributed by atoms with van der Waals surface area (Å²) >= 11 is 0. The molecule has 2 aliphatic heterocycles.